The van der Waals surface area contributed by atoms with Crippen LogP contribution >= 0.6 is 27.5 Å². The zero-order valence-corrected chi connectivity index (χ0v) is 9.94. The largest absolute Gasteiger partial charge is 0.347 e. The molecule has 0 bridgehead atoms. The molecular weight excluding hydrogens is 250 g/mol. The second-order valence-electron chi connectivity index (χ2n) is 3.38. The van der Waals surface area contributed by atoms with Crippen molar-refractivity contribution in [2.75, 3.05) is 23.3 Å². The number of hydrogen-bond donors (Lipinski definition) is 0. The number of hydrogen-bond acceptors (Lipinski definition) is 4. The number of nitrogens with zero attached hydrogens (tertiary/aromatic N) is 3. The summed E-state index contributed by atoms with van der Waals surface area (Å²) >= 11 is 5.03. The molecule has 2 heterocycles. The first-order valence-electron chi connectivity index (χ1n) is 4.41. The number of halogens is 1. The van der Waals surface area contributed by atoms with Crippen LogP contribution in [0.4, 0.5) is 5.13 Å². The summed E-state index contributed by atoms with van der Waals surface area (Å²) in [4.78, 5) is 6.71. The first kappa shape index (κ1) is 9.40. The number of aromatic nitrogens is 2. The van der Waals surface area contributed by atoms with Crippen molar-refractivity contribution >= 4 is 32.6 Å². The van der Waals surface area contributed by atoms with Gasteiger partial charge in [0.05, 0.1) is 0 Å². The molecule has 0 aromatic carbocycles. The molecule has 1 atom stereocenters. The molecule has 0 N–H and O–H groups in total. The van der Waals surface area contributed by atoms with Crippen LogP contribution in [-0.4, -0.2) is 27.8 Å². The van der Waals surface area contributed by atoms with E-state index in [1.165, 1.54) is 18.0 Å². The fourth-order valence-corrected chi connectivity index (χ4v) is 2.78. The summed E-state index contributed by atoms with van der Waals surface area (Å²) in [6, 6.07) is 0. The molecule has 1 saturated heterocycles. The molecule has 13 heavy (non-hydrogen) atoms. The Morgan fingerprint density at radius 1 is 1.69 bits per heavy atom. The van der Waals surface area contributed by atoms with Gasteiger partial charge in [0, 0.05) is 30.0 Å². The minimum atomic E-state index is 0.782. The molecule has 1 unspecified atom stereocenters. The van der Waals surface area contributed by atoms with Crippen LogP contribution < -0.4 is 4.90 Å². The monoisotopic (exact) mass is 261 g/mol. The molecule has 1 fully saturated rings. The predicted molar refractivity (Wildman–Crippen MR) is 58.8 cm³/mol. The van der Waals surface area contributed by atoms with E-state index < -0.39 is 0 Å². The Morgan fingerprint density at radius 2 is 2.54 bits per heavy atom. The summed E-state index contributed by atoms with van der Waals surface area (Å²) < 4.78 is 4.19. The second-order valence-corrected chi connectivity index (χ2v) is 4.76. The molecule has 1 aliphatic heterocycles. The van der Waals surface area contributed by atoms with E-state index in [-0.39, 0.29) is 0 Å². The Bertz CT molecular complexity index is 289. The summed E-state index contributed by atoms with van der Waals surface area (Å²) in [5.74, 6) is 1.67. The fraction of sp³-hybridized carbons (Fsp3) is 0.750. The van der Waals surface area contributed by atoms with E-state index in [2.05, 4.69) is 30.2 Å². The normalized spacial score (nSPS) is 22.6. The topological polar surface area (TPSA) is 29.0 Å². The highest BCUT2D eigenvalue weighted by Crippen LogP contribution is 2.25. The van der Waals surface area contributed by atoms with Crippen LogP contribution in [-0.2, 0) is 0 Å². The molecule has 0 saturated carbocycles. The highest BCUT2D eigenvalue weighted by atomic mass is 79.9. The van der Waals surface area contributed by atoms with Gasteiger partial charge in [0.2, 0.25) is 5.13 Å². The molecule has 0 radical (unpaired) electrons. The maximum Gasteiger partial charge on any atom is 0.205 e. The van der Waals surface area contributed by atoms with Crippen LogP contribution in [0.1, 0.15) is 12.2 Å². The third kappa shape index (κ3) is 2.02. The van der Waals surface area contributed by atoms with Gasteiger partial charge in [0.25, 0.3) is 0 Å². The first-order valence-corrected chi connectivity index (χ1v) is 6.30. The molecule has 0 amide bonds. The lowest BCUT2D eigenvalue weighted by Gasteiger charge is -2.12. The maximum absolute atomic E-state index is 4.38. The lowest BCUT2D eigenvalue weighted by atomic mass is 10.2. The van der Waals surface area contributed by atoms with Gasteiger partial charge < -0.3 is 4.90 Å². The van der Waals surface area contributed by atoms with Crippen LogP contribution in [0.3, 0.4) is 0 Å². The standard InChI is InChI=1S/C8H12BrN3S/c1-6-10-8(13-11-6)12-3-2-7(4-9)5-12/h7H,2-5H2,1H3. The Kier molecular flexibility index (Phi) is 2.83. The maximum atomic E-state index is 4.38. The van der Waals surface area contributed by atoms with Crippen molar-refractivity contribution in [3.63, 3.8) is 0 Å². The number of rotatable bonds is 2. The van der Waals surface area contributed by atoms with Crippen LogP contribution in [0.2, 0.25) is 0 Å². The van der Waals surface area contributed by atoms with E-state index in [1.54, 1.807) is 0 Å². The van der Waals surface area contributed by atoms with Gasteiger partial charge in [-0.3, -0.25) is 0 Å². The summed E-state index contributed by atoms with van der Waals surface area (Å²) in [5, 5.41) is 2.18. The lowest BCUT2D eigenvalue weighted by Crippen LogP contribution is -2.19. The highest BCUT2D eigenvalue weighted by Gasteiger charge is 2.23. The van der Waals surface area contributed by atoms with Gasteiger partial charge in [-0.15, -0.1) is 0 Å². The third-order valence-electron chi connectivity index (χ3n) is 2.29. The molecular formula is C8H12BrN3S. The van der Waals surface area contributed by atoms with E-state index in [0.717, 1.165) is 35.3 Å². The Hall–Kier alpha value is -0.160. The van der Waals surface area contributed by atoms with Crippen molar-refractivity contribution in [1.82, 2.24) is 9.36 Å². The zero-order valence-electron chi connectivity index (χ0n) is 7.53. The third-order valence-corrected chi connectivity index (χ3v) is 4.08. The van der Waals surface area contributed by atoms with Crippen LogP contribution in [0.15, 0.2) is 0 Å². The second kappa shape index (κ2) is 3.92. The lowest BCUT2D eigenvalue weighted by molar-refractivity contribution is 0.676. The first-order chi connectivity index (χ1) is 6.29. The summed E-state index contributed by atoms with van der Waals surface area (Å²) in [7, 11) is 0. The summed E-state index contributed by atoms with van der Waals surface area (Å²) in [6.45, 7) is 4.20. The smallest absolute Gasteiger partial charge is 0.205 e. The van der Waals surface area contributed by atoms with Crippen LogP contribution in [0.5, 0.6) is 0 Å². The number of alkyl halides is 1. The van der Waals surface area contributed by atoms with E-state index in [9.17, 15) is 0 Å². The van der Waals surface area contributed by atoms with Crippen molar-refractivity contribution in [1.29, 1.82) is 0 Å². The SMILES string of the molecule is Cc1nsc(N2CCC(CBr)C2)n1. The molecule has 0 aliphatic carbocycles. The molecule has 1 aliphatic rings. The number of aryl methyl sites for hydroxylation is 1. The molecule has 2 rings (SSSR count). The predicted octanol–water partition coefficient (Wildman–Crippen LogP) is 2.07. The molecule has 72 valence electrons. The van der Waals surface area contributed by atoms with Gasteiger partial charge in [-0.2, -0.15) is 4.37 Å². The molecule has 3 nitrogen and oxygen atoms in total. The average Bonchev–Trinajstić information content (AvgIpc) is 2.71. The zero-order chi connectivity index (χ0) is 9.26. The molecule has 1 aromatic rings. The molecule has 1 aromatic heterocycles. The molecule has 0 spiro atoms. The highest BCUT2D eigenvalue weighted by molar-refractivity contribution is 9.09. The van der Waals surface area contributed by atoms with Crippen molar-refractivity contribution in [3.05, 3.63) is 5.82 Å². The van der Waals surface area contributed by atoms with Gasteiger partial charge in [-0.05, 0) is 19.3 Å². The van der Waals surface area contributed by atoms with E-state index >= 15 is 0 Å². The average molecular weight is 262 g/mol. The fourth-order valence-electron chi connectivity index (χ4n) is 1.55. The van der Waals surface area contributed by atoms with Gasteiger partial charge in [-0.1, -0.05) is 15.9 Å². The quantitative estimate of drug-likeness (QED) is 0.764. The van der Waals surface area contributed by atoms with Crippen LogP contribution in [0, 0.1) is 12.8 Å². The van der Waals surface area contributed by atoms with Crippen LogP contribution in [0.25, 0.3) is 0 Å². The van der Waals surface area contributed by atoms with Gasteiger partial charge >= 0.3 is 0 Å². The summed E-state index contributed by atoms with van der Waals surface area (Å²) in [6.07, 6.45) is 1.27. The van der Waals surface area contributed by atoms with Gasteiger partial charge in [-0.25, -0.2) is 4.98 Å². The van der Waals surface area contributed by atoms with E-state index in [0.29, 0.717) is 0 Å². The summed E-state index contributed by atoms with van der Waals surface area (Å²) in [5.41, 5.74) is 0. The Morgan fingerprint density at radius 3 is 3.08 bits per heavy atom. The van der Waals surface area contributed by atoms with E-state index in [1.807, 2.05) is 6.92 Å². The van der Waals surface area contributed by atoms with Crippen molar-refractivity contribution in [2.24, 2.45) is 5.92 Å². The Balaban J connectivity index is 2.03. The van der Waals surface area contributed by atoms with Crippen molar-refractivity contribution in [2.45, 2.75) is 13.3 Å². The molecule has 5 heteroatoms. The van der Waals surface area contributed by atoms with Crippen molar-refractivity contribution < 1.29 is 0 Å². The van der Waals surface area contributed by atoms with Gasteiger partial charge in [0.1, 0.15) is 5.82 Å². The minimum Gasteiger partial charge on any atom is -0.347 e. The van der Waals surface area contributed by atoms with E-state index in [4.69, 9.17) is 0 Å². The Labute approximate surface area is 90.5 Å². The number of anilines is 1. The van der Waals surface area contributed by atoms with Gasteiger partial charge in [0.15, 0.2) is 0 Å². The van der Waals surface area contributed by atoms with Crippen molar-refractivity contribution in [3.8, 4) is 0 Å². The minimum absolute atomic E-state index is 0.782.